The number of thioether (sulfide) groups is 1. The molecule has 2 amide bonds. The second-order valence-corrected chi connectivity index (χ2v) is 5.89. The SMILES string of the molecule is O=C(CN1CCSC1=O)NCC(O)c1cccc(Cl)c1. The second kappa shape index (κ2) is 6.97. The van der Waals surface area contributed by atoms with Gasteiger partial charge in [0.1, 0.15) is 6.54 Å². The fraction of sp³-hybridized carbons (Fsp3) is 0.385. The highest BCUT2D eigenvalue weighted by molar-refractivity contribution is 8.13. The summed E-state index contributed by atoms with van der Waals surface area (Å²) in [4.78, 5) is 24.5. The van der Waals surface area contributed by atoms with Crippen LogP contribution in [0.1, 0.15) is 11.7 Å². The number of carbonyl (C=O) groups is 2. The van der Waals surface area contributed by atoms with Crippen molar-refractivity contribution in [1.82, 2.24) is 10.2 Å². The first-order valence-electron chi connectivity index (χ1n) is 6.18. The minimum absolute atomic E-state index is 0.0358. The Hall–Kier alpha value is -1.24. The van der Waals surface area contributed by atoms with Crippen molar-refractivity contribution in [3.8, 4) is 0 Å². The summed E-state index contributed by atoms with van der Waals surface area (Å²) in [6.45, 7) is 0.718. The van der Waals surface area contributed by atoms with E-state index in [0.717, 1.165) is 5.75 Å². The first kappa shape index (κ1) is 15.2. The molecule has 1 unspecified atom stereocenters. The standard InChI is InChI=1S/C13H15ClN2O3S/c14-10-3-1-2-9(6-10)11(17)7-15-12(18)8-16-4-5-20-13(16)19/h1-3,6,11,17H,4-5,7-8H2,(H,15,18). The summed E-state index contributed by atoms with van der Waals surface area (Å²) in [7, 11) is 0. The van der Waals surface area contributed by atoms with Gasteiger partial charge in [0.05, 0.1) is 6.10 Å². The van der Waals surface area contributed by atoms with Crippen molar-refractivity contribution < 1.29 is 14.7 Å². The zero-order valence-corrected chi connectivity index (χ0v) is 12.3. The average molecular weight is 315 g/mol. The predicted octanol–water partition coefficient (Wildman–Crippen LogP) is 1.66. The quantitative estimate of drug-likeness (QED) is 0.867. The molecule has 0 bridgehead atoms. The van der Waals surface area contributed by atoms with Crippen molar-refractivity contribution in [1.29, 1.82) is 0 Å². The maximum absolute atomic E-state index is 11.7. The van der Waals surface area contributed by atoms with Crippen molar-refractivity contribution in [2.24, 2.45) is 0 Å². The molecule has 20 heavy (non-hydrogen) atoms. The topological polar surface area (TPSA) is 69.6 Å². The normalized spacial score (nSPS) is 16.3. The summed E-state index contributed by atoms with van der Waals surface area (Å²) >= 11 is 7.05. The number of halogens is 1. The van der Waals surface area contributed by atoms with E-state index in [9.17, 15) is 14.7 Å². The lowest BCUT2D eigenvalue weighted by atomic mass is 10.1. The Morgan fingerprint density at radius 2 is 2.35 bits per heavy atom. The van der Waals surface area contributed by atoms with E-state index in [1.165, 1.54) is 16.7 Å². The van der Waals surface area contributed by atoms with Gasteiger partial charge >= 0.3 is 0 Å². The van der Waals surface area contributed by atoms with Crippen molar-refractivity contribution in [2.75, 3.05) is 25.4 Å². The molecule has 0 aromatic heterocycles. The van der Waals surface area contributed by atoms with Gasteiger partial charge in [-0.3, -0.25) is 9.59 Å². The summed E-state index contributed by atoms with van der Waals surface area (Å²) in [5.74, 6) is 0.444. The highest BCUT2D eigenvalue weighted by atomic mass is 35.5. The fourth-order valence-electron chi connectivity index (χ4n) is 1.84. The minimum atomic E-state index is -0.818. The van der Waals surface area contributed by atoms with E-state index in [4.69, 9.17) is 11.6 Å². The Labute approximate surface area is 126 Å². The monoisotopic (exact) mass is 314 g/mol. The van der Waals surface area contributed by atoms with Crippen LogP contribution in [0.4, 0.5) is 4.79 Å². The van der Waals surface area contributed by atoms with Crippen LogP contribution in [0, 0.1) is 0 Å². The van der Waals surface area contributed by atoms with E-state index in [0.29, 0.717) is 17.1 Å². The molecule has 108 valence electrons. The summed E-state index contributed by atoms with van der Waals surface area (Å²) < 4.78 is 0. The van der Waals surface area contributed by atoms with Crippen LogP contribution >= 0.6 is 23.4 Å². The fourth-order valence-corrected chi connectivity index (χ4v) is 2.86. The summed E-state index contributed by atoms with van der Waals surface area (Å²) in [5, 5.41) is 13.0. The molecule has 2 rings (SSSR count). The molecular formula is C13H15ClN2O3S. The van der Waals surface area contributed by atoms with E-state index in [1.54, 1.807) is 24.3 Å². The number of nitrogens with one attached hydrogen (secondary N) is 1. The number of aliphatic hydroxyl groups is 1. The zero-order valence-electron chi connectivity index (χ0n) is 10.7. The van der Waals surface area contributed by atoms with Gasteiger partial charge in [-0.05, 0) is 17.7 Å². The molecule has 1 aliphatic rings. The molecule has 1 atom stereocenters. The zero-order chi connectivity index (χ0) is 14.5. The van der Waals surface area contributed by atoms with Crippen LogP contribution in [0.5, 0.6) is 0 Å². The van der Waals surface area contributed by atoms with Crippen molar-refractivity contribution in [3.05, 3.63) is 34.9 Å². The van der Waals surface area contributed by atoms with Gasteiger partial charge in [-0.2, -0.15) is 0 Å². The number of hydrogen-bond donors (Lipinski definition) is 2. The van der Waals surface area contributed by atoms with Crippen LogP contribution in [0.25, 0.3) is 0 Å². The van der Waals surface area contributed by atoms with Crippen LogP contribution in [-0.2, 0) is 4.79 Å². The van der Waals surface area contributed by atoms with Gasteiger partial charge in [0, 0.05) is 23.9 Å². The number of nitrogens with zero attached hydrogens (tertiary/aromatic N) is 1. The van der Waals surface area contributed by atoms with Crippen LogP contribution < -0.4 is 5.32 Å². The van der Waals surface area contributed by atoms with Crippen LogP contribution in [-0.4, -0.2) is 46.5 Å². The van der Waals surface area contributed by atoms with E-state index < -0.39 is 6.10 Å². The lowest BCUT2D eigenvalue weighted by Gasteiger charge is -2.16. The molecule has 5 nitrogen and oxygen atoms in total. The smallest absolute Gasteiger partial charge is 0.282 e. The predicted molar refractivity (Wildman–Crippen MR) is 78.8 cm³/mol. The highest BCUT2D eigenvalue weighted by Gasteiger charge is 2.23. The Kier molecular flexibility index (Phi) is 5.28. The van der Waals surface area contributed by atoms with Crippen LogP contribution in [0.3, 0.4) is 0 Å². The second-order valence-electron chi connectivity index (χ2n) is 4.41. The molecule has 0 radical (unpaired) electrons. The molecule has 1 heterocycles. The van der Waals surface area contributed by atoms with Gasteiger partial charge in [0.25, 0.3) is 5.24 Å². The number of aliphatic hydroxyl groups excluding tert-OH is 1. The molecule has 1 saturated heterocycles. The third-order valence-corrected chi connectivity index (χ3v) is 4.03. The Balaban J connectivity index is 1.79. The Bertz CT molecular complexity index is 512. The third kappa shape index (κ3) is 4.13. The first-order valence-corrected chi connectivity index (χ1v) is 7.54. The number of benzene rings is 1. The van der Waals surface area contributed by atoms with Crippen molar-refractivity contribution in [3.63, 3.8) is 0 Å². The Morgan fingerprint density at radius 3 is 3.00 bits per heavy atom. The first-order chi connectivity index (χ1) is 9.56. The summed E-state index contributed by atoms with van der Waals surface area (Å²) in [6, 6.07) is 6.85. The molecular weight excluding hydrogens is 300 g/mol. The van der Waals surface area contributed by atoms with E-state index in [-0.39, 0.29) is 24.2 Å². The maximum atomic E-state index is 11.7. The number of amides is 2. The van der Waals surface area contributed by atoms with E-state index in [2.05, 4.69) is 5.32 Å². The summed E-state index contributed by atoms with van der Waals surface area (Å²) in [5.41, 5.74) is 0.644. The Morgan fingerprint density at radius 1 is 1.55 bits per heavy atom. The average Bonchev–Trinajstić information content (AvgIpc) is 2.81. The molecule has 1 aromatic carbocycles. The number of rotatable bonds is 5. The van der Waals surface area contributed by atoms with Crippen molar-refractivity contribution >= 4 is 34.5 Å². The maximum Gasteiger partial charge on any atom is 0.282 e. The number of carbonyl (C=O) groups excluding carboxylic acids is 2. The van der Waals surface area contributed by atoms with Gasteiger partial charge in [0.15, 0.2) is 0 Å². The van der Waals surface area contributed by atoms with Crippen LogP contribution in [0.2, 0.25) is 5.02 Å². The van der Waals surface area contributed by atoms with Crippen molar-refractivity contribution in [2.45, 2.75) is 6.10 Å². The van der Waals surface area contributed by atoms with Crippen LogP contribution in [0.15, 0.2) is 24.3 Å². The van der Waals surface area contributed by atoms with Gasteiger partial charge in [0.2, 0.25) is 5.91 Å². The molecule has 1 aromatic rings. The lowest BCUT2D eigenvalue weighted by molar-refractivity contribution is -0.122. The van der Waals surface area contributed by atoms with E-state index >= 15 is 0 Å². The minimum Gasteiger partial charge on any atom is -0.387 e. The van der Waals surface area contributed by atoms with Gasteiger partial charge in [-0.1, -0.05) is 35.5 Å². The molecule has 0 aliphatic carbocycles. The molecule has 7 heteroatoms. The highest BCUT2D eigenvalue weighted by Crippen LogP contribution is 2.18. The molecule has 1 aliphatic heterocycles. The van der Waals surface area contributed by atoms with Gasteiger partial charge in [-0.15, -0.1) is 0 Å². The third-order valence-electron chi connectivity index (χ3n) is 2.91. The molecule has 0 saturated carbocycles. The lowest BCUT2D eigenvalue weighted by Crippen LogP contribution is -2.38. The summed E-state index contributed by atoms with van der Waals surface area (Å²) in [6.07, 6.45) is -0.818. The van der Waals surface area contributed by atoms with Gasteiger partial charge < -0.3 is 15.3 Å². The van der Waals surface area contributed by atoms with Gasteiger partial charge in [-0.25, -0.2) is 0 Å². The molecule has 0 spiro atoms. The largest absolute Gasteiger partial charge is 0.387 e. The number of hydrogen-bond acceptors (Lipinski definition) is 4. The molecule has 1 fully saturated rings. The molecule has 2 N–H and O–H groups in total. The van der Waals surface area contributed by atoms with E-state index in [1.807, 2.05) is 0 Å².